The predicted octanol–water partition coefficient (Wildman–Crippen LogP) is 4.45. The molecule has 0 saturated carbocycles. The summed E-state index contributed by atoms with van der Waals surface area (Å²) >= 11 is 3.48. The Balaban J connectivity index is 2.07. The fourth-order valence-electron chi connectivity index (χ4n) is 2.97. The van der Waals surface area contributed by atoms with Crippen molar-refractivity contribution in [2.45, 2.75) is 64.3 Å². The Morgan fingerprint density at radius 3 is 2.26 bits per heavy atom. The Bertz CT molecular complexity index is 439. The normalized spacial score (nSPS) is 26.3. The van der Waals surface area contributed by atoms with E-state index in [1.807, 2.05) is 0 Å². The van der Waals surface area contributed by atoms with Crippen LogP contribution in [0.2, 0.25) is 0 Å². The maximum Gasteiger partial charge on any atom is 0.0787 e. The molecule has 2 rings (SSSR count). The standard InChI is InChI=1S/C16H24BrNO/c1-11(12-6-8-13(17)9-7-12)18-14-10-15(2,3)19-16(14,4)5/h6-9,11,14,18H,10H2,1-5H3. The van der Waals surface area contributed by atoms with Gasteiger partial charge in [-0.15, -0.1) is 0 Å². The topological polar surface area (TPSA) is 21.3 Å². The highest BCUT2D eigenvalue weighted by molar-refractivity contribution is 9.10. The Kier molecular flexibility index (Phi) is 4.10. The Morgan fingerprint density at radius 2 is 1.79 bits per heavy atom. The number of halogens is 1. The summed E-state index contributed by atoms with van der Waals surface area (Å²) in [6, 6.07) is 9.21. The monoisotopic (exact) mass is 325 g/mol. The lowest BCUT2D eigenvalue weighted by atomic mass is 9.93. The second kappa shape index (κ2) is 5.19. The van der Waals surface area contributed by atoms with Crippen molar-refractivity contribution in [3.8, 4) is 0 Å². The molecule has 3 heteroatoms. The largest absolute Gasteiger partial charge is 0.368 e. The van der Waals surface area contributed by atoms with Crippen LogP contribution in [0.1, 0.15) is 52.6 Å². The number of hydrogen-bond acceptors (Lipinski definition) is 2. The molecule has 0 spiro atoms. The van der Waals surface area contributed by atoms with Gasteiger partial charge in [0.25, 0.3) is 0 Å². The van der Waals surface area contributed by atoms with Crippen LogP contribution in [0.5, 0.6) is 0 Å². The first-order chi connectivity index (χ1) is 8.70. The van der Waals surface area contributed by atoms with E-state index in [1.54, 1.807) is 0 Å². The minimum Gasteiger partial charge on any atom is -0.368 e. The molecular weight excluding hydrogens is 302 g/mol. The Morgan fingerprint density at radius 1 is 1.21 bits per heavy atom. The van der Waals surface area contributed by atoms with Gasteiger partial charge in [-0.2, -0.15) is 0 Å². The molecule has 2 nitrogen and oxygen atoms in total. The molecule has 2 unspecified atom stereocenters. The summed E-state index contributed by atoms with van der Waals surface area (Å²) in [4.78, 5) is 0. The van der Waals surface area contributed by atoms with Crippen LogP contribution in [0.4, 0.5) is 0 Å². The van der Waals surface area contributed by atoms with Crippen molar-refractivity contribution in [2.75, 3.05) is 0 Å². The maximum atomic E-state index is 6.13. The zero-order valence-corrected chi connectivity index (χ0v) is 14.0. The molecule has 0 aliphatic carbocycles. The van der Waals surface area contributed by atoms with E-state index in [9.17, 15) is 0 Å². The fourth-order valence-corrected chi connectivity index (χ4v) is 3.24. The van der Waals surface area contributed by atoms with Crippen molar-refractivity contribution < 1.29 is 4.74 Å². The summed E-state index contributed by atoms with van der Waals surface area (Å²) in [6.45, 7) is 10.9. The van der Waals surface area contributed by atoms with Crippen molar-refractivity contribution in [2.24, 2.45) is 0 Å². The molecule has 1 aliphatic rings. The summed E-state index contributed by atoms with van der Waals surface area (Å²) in [7, 11) is 0. The van der Waals surface area contributed by atoms with Gasteiger partial charge in [-0.1, -0.05) is 28.1 Å². The average molecular weight is 326 g/mol. The van der Waals surface area contributed by atoms with E-state index in [1.165, 1.54) is 5.56 Å². The zero-order chi connectivity index (χ0) is 14.3. The number of ether oxygens (including phenoxy) is 1. The van der Waals surface area contributed by atoms with E-state index < -0.39 is 0 Å². The molecule has 1 N–H and O–H groups in total. The van der Waals surface area contributed by atoms with Crippen molar-refractivity contribution in [3.05, 3.63) is 34.3 Å². The van der Waals surface area contributed by atoms with Gasteiger partial charge in [-0.3, -0.25) is 0 Å². The number of hydrogen-bond donors (Lipinski definition) is 1. The maximum absolute atomic E-state index is 6.13. The van der Waals surface area contributed by atoms with Crippen LogP contribution in [-0.4, -0.2) is 17.2 Å². The summed E-state index contributed by atoms with van der Waals surface area (Å²) in [5.74, 6) is 0. The molecule has 19 heavy (non-hydrogen) atoms. The van der Waals surface area contributed by atoms with Gasteiger partial charge >= 0.3 is 0 Å². The molecule has 2 atom stereocenters. The summed E-state index contributed by atoms with van der Waals surface area (Å²) in [6.07, 6.45) is 1.04. The molecule has 0 bridgehead atoms. The lowest BCUT2D eigenvalue weighted by molar-refractivity contribution is -0.0703. The fraction of sp³-hybridized carbons (Fsp3) is 0.625. The SMILES string of the molecule is CC(NC1CC(C)(C)OC1(C)C)c1ccc(Br)cc1. The molecule has 106 valence electrons. The molecule has 0 radical (unpaired) electrons. The van der Waals surface area contributed by atoms with E-state index in [4.69, 9.17) is 4.74 Å². The van der Waals surface area contributed by atoms with Crippen molar-refractivity contribution in [1.82, 2.24) is 5.32 Å². The molecule has 0 amide bonds. The van der Waals surface area contributed by atoms with Crippen LogP contribution in [0.25, 0.3) is 0 Å². The van der Waals surface area contributed by atoms with Gasteiger partial charge in [-0.05, 0) is 58.7 Å². The van der Waals surface area contributed by atoms with Crippen LogP contribution in [0, 0.1) is 0 Å². The summed E-state index contributed by atoms with van der Waals surface area (Å²) in [5, 5.41) is 3.72. The van der Waals surface area contributed by atoms with Gasteiger partial charge in [0.2, 0.25) is 0 Å². The molecular formula is C16H24BrNO. The first-order valence-electron chi connectivity index (χ1n) is 6.91. The van der Waals surface area contributed by atoms with Crippen molar-refractivity contribution in [1.29, 1.82) is 0 Å². The Labute approximate surface area is 125 Å². The van der Waals surface area contributed by atoms with Gasteiger partial charge in [-0.25, -0.2) is 0 Å². The molecule has 1 saturated heterocycles. The number of benzene rings is 1. The van der Waals surface area contributed by atoms with Crippen LogP contribution >= 0.6 is 15.9 Å². The Hall–Kier alpha value is -0.380. The molecule has 1 fully saturated rings. The third-order valence-electron chi connectivity index (χ3n) is 3.90. The molecule has 1 aliphatic heterocycles. The van der Waals surface area contributed by atoms with E-state index in [-0.39, 0.29) is 11.2 Å². The predicted molar refractivity (Wildman–Crippen MR) is 83.3 cm³/mol. The van der Waals surface area contributed by atoms with Crippen LogP contribution in [-0.2, 0) is 4.74 Å². The van der Waals surface area contributed by atoms with Gasteiger partial charge in [0.15, 0.2) is 0 Å². The molecule has 1 aromatic carbocycles. The highest BCUT2D eigenvalue weighted by atomic mass is 79.9. The van der Waals surface area contributed by atoms with Crippen LogP contribution in [0.3, 0.4) is 0 Å². The van der Waals surface area contributed by atoms with Crippen LogP contribution < -0.4 is 5.32 Å². The van der Waals surface area contributed by atoms with Gasteiger partial charge < -0.3 is 10.1 Å². The summed E-state index contributed by atoms with van der Waals surface area (Å²) in [5.41, 5.74) is 1.15. The van der Waals surface area contributed by atoms with E-state index >= 15 is 0 Å². The number of nitrogens with one attached hydrogen (secondary N) is 1. The first-order valence-corrected chi connectivity index (χ1v) is 7.71. The zero-order valence-electron chi connectivity index (χ0n) is 12.5. The minimum atomic E-state index is -0.118. The van der Waals surface area contributed by atoms with Crippen molar-refractivity contribution in [3.63, 3.8) is 0 Å². The van der Waals surface area contributed by atoms with E-state index in [2.05, 4.69) is 80.1 Å². The molecule has 0 aromatic heterocycles. The quantitative estimate of drug-likeness (QED) is 0.886. The van der Waals surface area contributed by atoms with Gasteiger partial charge in [0.05, 0.1) is 11.2 Å². The third kappa shape index (κ3) is 3.59. The number of rotatable bonds is 3. The highest BCUT2D eigenvalue weighted by Gasteiger charge is 2.46. The van der Waals surface area contributed by atoms with Gasteiger partial charge in [0.1, 0.15) is 0 Å². The second-order valence-electron chi connectivity index (χ2n) is 6.66. The van der Waals surface area contributed by atoms with E-state index in [0.717, 1.165) is 10.9 Å². The highest BCUT2D eigenvalue weighted by Crippen LogP contribution is 2.38. The second-order valence-corrected chi connectivity index (χ2v) is 7.58. The lowest BCUT2D eigenvalue weighted by Gasteiger charge is -2.30. The molecule has 1 aromatic rings. The van der Waals surface area contributed by atoms with Gasteiger partial charge in [0, 0.05) is 16.6 Å². The van der Waals surface area contributed by atoms with E-state index in [0.29, 0.717) is 12.1 Å². The third-order valence-corrected chi connectivity index (χ3v) is 4.42. The average Bonchev–Trinajstić information content (AvgIpc) is 2.47. The smallest absolute Gasteiger partial charge is 0.0787 e. The lowest BCUT2D eigenvalue weighted by Crippen LogP contribution is -2.44. The first kappa shape index (κ1) is 15.0. The minimum absolute atomic E-state index is 0.0411. The van der Waals surface area contributed by atoms with Crippen LogP contribution in [0.15, 0.2) is 28.7 Å². The molecule has 1 heterocycles. The summed E-state index contributed by atoms with van der Waals surface area (Å²) < 4.78 is 7.25. The van der Waals surface area contributed by atoms with Crippen molar-refractivity contribution >= 4 is 15.9 Å².